The summed E-state index contributed by atoms with van der Waals surface area (Å²) in [6.45, 7) is 1.56. The van der Waals surface area contributed by atoms with Crippen LogP contribution in [0.3, 0.4) is 0 Å². The molecular weight excluding hydrogens is 455 g/mol. The first-order valence-electron chi connectivity index (χ1n) is 9.69. The minimum atomic E-state index is -4.03. The van der Waals surface area contributed by atoms with Crippen molar-refractivity contribution in [2.75, 3.05) is 10.8 Å². The molecule has 0 unspecified atom stereocenters. The van der Waals surface area contributed by atoms with E-state index < -0.39 is 22.5 Å². The summed E-state index contributed by atoms with van der Waals surface area (Å²) in [6.07, 6.45) is 0.664. The Hall–Kier alpha value is -2.54. The maximum absolute atomic E-state index is 13.4. The molecule has 0 aliphatic carbocycles. The number of hydrogen-bond acceptors (Lipinski definition) is 3. The van der Waals surface area contributed by atoms with Gasteiger partial charge in [-0.05, 0) is 54.4 Å². The second-order valence-corrected chi connectivity index (χ2v) is 9.62. The van der Waals surface area contributed by atoms with Gasteiger partial charge < -0.3 is 5.32 Å². The van der Waals surface area contributed by atoms with E-state index in [1.807, 2.05) is 37.3 Å². The van der Waals surface area contributed by atoms with E-state index in [-0.39, 0.29) is 10.9 Å². The van der Waals surface area contributed by atoms with Gasteiger partial charge in [0.2, 0.25) is 5.91 Å². The zero-order valence-electron chi connectivity index (χ0n) is 16.8. The van der Waals surface area contributed by atoms with Crippen molar-refractivity contribution in [2.45, 2.75) is 24.3 Å². The summed E-state index contributed by atoms with van der Waals surface area (Å²) in [6, 6.07) is 21.5. The second kappa shape index (κ2) is 10.2. The highest BCUT2D eigenvalue weighted by atomic mass is 35.5. The Balaban J connectivity index is 1.91. The highest BCUT2D eigenvalue weighted by molar-refractivity contribution is 7.92. The maximum atomic E-state index is 13.4. The smallest absolute Gasteiger partial charge is 0.264 e. The van der Waals surface area contributed by atoms with Crippen LogP contribution in [0.4, 0.5) is 5.69 Å². The molecule has 0 bridgehead atoms. The molecule has 0 saturated carbocycles. The molecule has 0 aliphatic rings. The number of benzene rings is 3. The molecule has 31 heavy (non-hydrogen) atoms. The third kappa shape index (κ3) is 5.79. The van der Waals surface area contributed by atoms with E-state index in [2.05, 4.69) is 5.32 Å². The van der Waals surface area contributed by atoms with Gasteiger partial charge in [0, 0.05) is 10.0 Å². The fourth-order valence-corrected chi connectivity index (χ4v) is 4.88. The maximum Gasteiger partial charge on any atom is 0.264 e. The monoisotopic (exact) mass is 476 g/mol. The third-order valence-electron chi connectivity index (χ3n) is 4.73. The Labute approximate surface area is 192 Å². The number of halogens is 2. The van der Waals surface area contributed by atoms with Crippen LogP contribution < -0.4 is 9.62 Å². The fraction of sp³-hybridized carbons (Fsp3) is 0.174. The van der Waals surface area contributed by atoms with Crippen molar-refractivity contribution < 1.29 is 13.2 Å². The van der Waals surface area contributed by atoms with E-state index in [1.165, 1.54) is 30.3 Å². The van der Waals surface area contributed by atoms with E-state index in [0.717, 1.165) is 9.87 Å². The molecule has 3 aromatic rings. The third-order valence-corrected chi connectivity index (χ3v) is 7.01. The van der Waals surface area contributed by atoms with Crippen LogP contribution in [0.1, 0.15) is 24.9 Å². The minimum absolute atomic E-state index is 0.0276. The molecule has 0 heterocycles. The molecule has 3 rings (SSSR count). The minimum Gasteiger partial charge on any atom is -0.348 e. The summed E-state index contributed by atoms with van der Waals surface area (Å²) in [5.41, 5.74) is 1.25. The highest BCUT2D eigenvalue weighted by Crippen LogP contribution is 2.27. The molecule has 1 amide bonds. The Morgan fingerprint density at radius 2 is 1.61 bits per heavy atom. The van der Waals surface area contributed by atoms with Crippen LogP contribution in [-0.2, 0) is 14.8 Å². The Morgan fingerprint density at radius 1 is 0.935 bits per heavy atom. The number of sulfonamides is 1. The van der Waals surface area contributed by atoms with Crippen molar-refractivity contribution in [2.24, 2.45) is 0 Å². The normalized spacial score (nSPS) is 12.2. The SMILES string of the molecule is CC[C@H](NC(=O)CN(c1cccc(Cl)c1)S(=O)(=O)c1ccc(Cl)cc1)c1ccccc1. The second-order valence-electron chi connectivity index (χ2n) is 6.88. The number of carbonyl (C=O) groups is 1. The van der Waals surface area contributed by atoms with Gasteiger partial charge in [-0.25, -0.2) is 8.42 Å². The number of nitrogens with zero attached hydrogens (tertiary/aromatic N) is 1. The van der Waals surface area contributed by atoms with Gasteiger partial charge in [-0.3, -0.25) is 9.10 Å². The van der Waals surface area contributed by atoms with Crippen molar-refractivity contribution >= 4 is 44.8 Å². The van der Waals surface area contributed by atoms with E-state index in [9.17, 15) is 13.2 Å². The Bertz CT molecular complexity index is 1140. The summed E-state index contributed by atoms with van der Waals surface area (Å²) in [7, 11) is -4.03. The predicted octanol–water partition coefficient (Wildman–Crippen LogP) is 5.46. The van der Waals surface area contributed by atoms with Crippen molar-refractivity contribution in [3.8, 4) is 0 Å². The van der Waals surface area contributed by atoms with Gasteiger partial charge in [-0.15, -0.1) is 0 Å². The zero-order valence-corrected chi connectivity index (χ0v) is 19.2. The Morgan fingerprint density at radius 3 is 2.23 bits per heavy atom. The first-order chi connectivity index (χ1) is 14.8. The molecule has 0 saturated heterocycles. The van der Waals surface area contributed by atoms with Crippen molar-refractivity contribution in [3.63, 3.8) is 0 Å². The lowest BCUT2D eigenvalue weighted by atomic mass is 10.0. The summed E-state index contributed by atoms with van der Waals surface area (Å²) in [5.74, 6) is -0.423. The van der Waals surface area contributed by atoms with Gasteiger partial charge in [0.1, 0.15) is 6.54 Å². The topological polar surface area (TPSA) is 66.5 Å². The molecule has 0 aliphatic heterocycles. The standard InChI is InChI=1S/C23H22Cl2N2O3S/c1-2-22(17-7-4-3-5-8-17)26-23(28)16-27(20-10-6-9-19(25)15-20)31(29,30)21-13-11-18(24)12-14-21/h3-15,22H,2,16H2,1H3,(H,26,28)/t22-/m0/s1. The molecule has 1 atom stereocenters. The summed E-state index contributed by atoms with van der Waals surface area (Å²) in [4.78, 5) is 12.9. The van der Waals surface area contributed by atoms with Crippen LogP contribution in [0, 0.1) is 0 Å². The van der Waals surface area contributed by atoms with E-state index in [4.69, 9.17) is 23.2 Å². The summed E-state index contributed by atoms with van der Waals surface area (Å²) < 4.78 is 27.8. The van der Waals surface area contributed by atoms with Crippen LogP contribution in [0.15, 0.2) is 83.8 Å². The van der Waals surface area contributed by atoms with Gasteiger partial charge in [0.05, 0.1) is 16.6 Å². The van der Waals surface area contributed by atoms with E-state index in [0.29, 0.717) is 22.2 Å². The van der Waals surface area contributed by atoms with Crippen LogP contribution in [0.25, 0.3) is 0 Å². The van der Waals surface area contributed by atoms with E-state index in [1.54, 1.807) is 18.2 Å². The average molecular weight is 477 g/mol. The van der Waals surface area contributed by atoms with Gasteiger partial charge in [0.25, 0.3) is 10.0 Å². The molecule has 1 N–H and O–H groups in total. The number of hydrogen-bond donors (Lipinski definition) is 1. The van der Waals surface area contributed by atoms with E-state index >= 15 is 0 Å². The van der Waals surface area contributed by atoms with Crippen LogP contribution in [0.2, 0.25) is 10.0 Å². The van der Waals surface area contributed by atoms with Crippen molar-refractivity contribution in [3.05, 3.63) is 94.5 Å². The number of rotatable bonds is 8. The number of amides is 1. The fourth-order valence-electron chi connectivity index (χ4n) is 3.16. The summed E-state index contributed by atoms with van der Waals surface area (Å²) >= 11 is 12.0. The molecule has 0 aromatic heterocycles. The van der Waals surface area contributed by atoms with Gasteiger partial charge >= 0.3 is 0 Å². The molecule has 162 valence electrons. The molecule has 8 heteroatoms. The van der Waals surface area contributed by atoms with Crippen molar-refractivity contribution in [1.29, 1.82) is 0 Å². The van der Waals surface area contributed by atoms with Crippen molar-refractivity contribution in [1.82, 2.24) is 5.32 Å². The zero-order chi connectivity index (χ0) is 22.4. The lowest BCUT2D eigenvalue weighted by Crippen LogP contribution is -2.42. The number of anilines is 1. The lowest BCUT2D eigenvalue weighted by Gasteiger charge is -2.26. The number of carbonyl (C=O) groups excluding carboxylic acids is 1. The average Bonchev–Trinajstić information content (AvgIpc) is 2.76. The predicted molar refractivity (Wildman–Crippen MR) is 125 cm³/mol. The summed E-state index contributed by atoms with van der Waals surface area (Å²) in [5, 5.41) is 3.71. The van der Waals surface area contributed by atoms with Crippen LogP contribution in [0.5, 0.6) is 0 Å². The lowest BCUT2D eigenvalue weighted by molar-refractivity contribution is -0.120. The Kier molecular flexibility index (Phi) is 7.59. The first-order valence-corrected chi connectivity index (χ1v) is 11.9. The van der Waals surface area contributed by atoms with Gasteiger partial charge in [-0.1, -0.05) is 66.5 Å². The molecule has 0 radical (unpaired) electrons. The largest absolute Gasteiger partial charge is 0.348 e. The first kappa shape index (κ1) is 23.1. The van der Waals surface area contributed by atoms with Gasteiger partial charge in [-0.2, -0.15) is 0 Å². The molecule has 3 aromatic carbocycles. The quantitative estimate of drug-likeness (QED) is 0.469. The molecule has 0 spiro atoms. The molecule has 0 fully saturated rings. The highest BCUT2D eigenvalue weighted by Gasteiger charge is 2.28. The number of nitrogens with one attached hydrogen (secondary N) is 1. The van der Waals surface area contributed by atoms with Gasteiger partial charge in [0.15, 0.2) is 0 Å². The molecular formula is C23H22Cl2N2O3S. The molecule has 5 nitrogen and oxygen atoms in total. The van der Waals surface area contributed by atoms with Crippen LogP contribution in [-0.4, -0.2) is 20.9 Å². The van der Waals surface area contributed by atoms with Crippen LogP contribution >= 0.6 is 23.2 Å².